The SMILES string of the molecule is CCCCCC/C=C\C/C=C\CCCCCCCC(=O)OCCCCCCCCCCCCC(=O)NC(CO)C(O)CCCCCCCCCCCCCCCCCCCCCCCC. The molecule has 0 fully saturated rings. The molecule has 0 bridgehead atoms. The number of carbonyl (C=O) groups is 2. The van der Waals surface area contributed by atoms with Gasteiger partial charge in [-0.25, -0.2) is 0 Å². The van der Waals surface area contributed by atoms with Gasteiger partial charge < -0.3 is 20.3 Å². The molecule has 1 amide bonds. The van der Waals surface area contributed by atoms with Gasteiger partial charge in [0.15, 0.2) is 0 Å². The molecule has 0 radical (unpaired) electrons. The largest absolute Gasteiger partial charge is 0.466 e. The van der Waals surface area contributed by atoms with Gasteiger partial charge in [-0.3, -0.25) is 9.59 Å². The number of nitrogens with one attached hydrogen (secondary N) is 1. The van der Waals surface area contributed by atoms with E-state index in [0.29, 0.717) is 25.9 Å². The third kappa shape index (κ3) is 51.6. The van der Waals surface area contributed by atoms with E-state index in [1.807, 2.05) is 0 Å². The molecule has 384 valence electrons. The van der Waals surface area contributed by atoms with Gasteiger partial charge in [-0.05, 0) is 57.8 Å². The number of ether oxygens (including phenoxy) is 1. The Labute approximate surface area is 405 Å². The summed E-state index contributed by atoms with van der Waals surface area (Å²) in [4.78, 5) is 24.6. The Kier molecular flexibility index (Phi) is 53.5. The number of aliphatic hydroxyl groups is 2. The molecule has 0 spiro atoms. The van der Waals surface area contributed by atoms with Crippen molar-refractivity contribution in [2.45, 2.75) is 328 Å². The summed E-state index contributed by atoms with van der Waals surface area (Å²) in [6.45, 7) is 4.90. The van der Waals surface area contributed by atoms with Crippen molar-refractivity contribution in [1.82, 2.24) is 5.32 Å². The van der Waals surface area contributed by atoms with E-state index < -0.39 is 12.1 Å². The summed E-state index contributed by atoms with van der Waals surface area (Å²) in [6, 6.07) is -0.560. The minimum absolute atomic E-state index is 0.0313. The van der Waals surface area contributed by atoms with Crippen molar-refractivity contribution in [1.29, 1.82) is 0 Å². The van der Waals surface area contributed by atoms with Crippen molar-refractivity contribution in [3.8, 4) is 0 Å². The first-order valence-electron chi connectivity index (χ1n) is 29.1. The summed E-state index contributed by atoms with van der Waals surface area (Å²) in [5.74, 6) is -0.0872. The molecule has 6 heteroatoms. The van der Waals surface area contributed by atoms with E-state index >= 15 is 0 Å². The van der Waals surface area contributed by atoms with Gasteiger partial charge in [-0.15, -0.1) is 0 Å². The average Bonchev–Trinajstić information content (AvgIpc) is 3.31. The molecule has 2 atom stereocenters. The third-order valence-electron chi connectivity index (χ3n) is 13.5. The van der Waals surface area contributed by atoms with Gasteiger partial charge in [0, 0.05) is 12.8 Å². The highest BCUT2D eigenvalue weighted by Crippen LogP contribution is 2.17. The smallest absolute Gasteiger partial charge is 0.305 e. The first-order valence-corrected chi connectivity index (χ1v) is 29.1. The van der Waals surface area contributed by atoms with Crippen LogP contribution in [0.4, 0.5) is 0 Å². The maximum Gasteiger partial charge on any atom is 0.305 e. The van der Waals surface area contributed by atoms with Crippen molar-refractivity contribution in [2.75, 3.05) is 13.2 Å². The Morgan fingerprint density at radius 1 is 0.431 bits per heavy atom. The molecule has 0 aromatic rings. The minimum atomic E-state index is -0.681. The molecule has 0 saturated heterocycles. The zero-order chi connectivity index (χ0) is 47.2. The van der Waals surface area contributed by atoms with Gasteiger partial charge in [0.1, 0.15) is 0 Å². The molecule has 0 rings (SSSR count). The fourth-order valence-corrected chi connectivity index (χ4v) is 9.02. The lowest BCUT2D eigenvalue weighted by Crippen LogP contribution is -2.45. The number of allylic oxidation sites excluding steroid dienone is 4. The van der Waals surface area contributed by atoms with Crippen LogP contribution in [0, 0.1) is 0 Å². The third-order valence-corrected chi connectivity index (χ3v) is 13.5. The molecule has 6 nitrogen and oxygen atoms in total. The van der Waals surface area contributed by atoms with Gasteiger partial charge in [0.2, 0.25) is 5.91 Å². The number of carbonyl (C=O) groups excluding carboxylic acids is 2. The van der Waals surface area contributed by atoms with Crippen LogP contribution in [0.5, 0.6) is 0 Å². The first kappa shape index (κ1) is 63.3. The fourth-order valence-electron chi connectivity index (χ4n) is 9.02. The van der Waals surface area contributed by atoms with Crippen LogP contribution in [0.1, 0.15) is 316 Å². The molecule has 0 aliphatic carbocycles. The Morgan fingerprint density at radius 2 is 0.769 bits per heavy atom. The minimum Gasteiger partial charge on any atom is -0.466 e. The molecular formula is C59H113NO5. The zero-order valence-corrected chi connectivity index (χ0v) is 43.7. The molecule has 0 aliphatic rings. The van der Waals surface area contributed by atoms with Gasteiger partial charge in [0.25, 0.3) is 0 Å². The maximum atomic E-state index is 12.5. The van der Waals surface area contributed by atoms with Crippen LogP contribution in [0.3, 0.4) is 0 Å². The second-order valence-electron chi connectivity index (χ2n) is 20.0. The summed E-state index contributed by atoms with van der Waals surface area (Å²) in [5, 5.41) is 23.3. The molecule has 3 N–H and O–H groups in total. The highest BCUT2D eigenvalue weighted by Gasteiger charge is 2.20. The highest BCUT2D eigenvalue weighted by atomic mass is 16.5. The molecule has 2 unspecified atom stereocenters. The highest BCUT2D eigenvalue weighted by molar-refractivity contribution is 5.76. The van der Waals surface area contributed by atoms with Gasteiger partial charge in [-0.2, -0.15) is 0 Å². The van der Waals surface area contributed by atoms with Crippen molar-refractivity contribution in [2.24, 2.45) is 0 Å². The molecule has 65 heavy (non-hydrogen) atoms. The fraction of sp³-hybridized carbons (Fsp3) is 0.898. The van der Waals surface area contributed by atoms with Crippen LogP contribution >= 0.6 is 0 Å². The predicted octanol–water partition coefficient (Wildman–Crippen LogP) is 17.9. The van der Waals surface area contributed by atoms with Crippen LogP contribution in [0.15, 0.2) is 24.3 Å². The van der Waals surface area contributed by atoms with Crippen LogP contribution in [-0.2, 0) is 14.3 Å². The van der Waals surface area contributed by atoms with E-state index in [2.05, 4.69) is 43.5 Å². The Morgan fingerprint density at radius 3 is 1.18 bits per heavy atom. The lowest BCUT2D eigenvalue weighted by Gasteiger charge is -2.22. The normalized spacial score (nSPS) is 12.7. The van der Waals surface area contributed by atoms with Crippen LogP contribution in [0.25, 0.3) is 0 Å². The number of hydrogen-bond donors (Lipinski definition) is 3. The molecule has 0 aliphatic heterocycles. The molecule has 0 aromatic heterocycles. The summed E-state index contributed by atoms with van der Waals surface area (Å²) in [7, 11) is 0. The van der Waals surface area contributed by atoms with Crippen molar-refractivity contribution < 1.29 is 24.5 Å². The van der Waals surface area contributed by atoms with E-state index in [4.69, 9.17) is 4.74 Å². The molecule has 0 aromatic carbocycles. The topological polar surface area (TPSA) is 95.9 Å². The number of hydrogen-bond acceptors (Lipinski definition) is 5. The molecule has 0 saturated carbocycles. The summed E-state index contributed by atoms with van der Waals surface area (Å²) < 4.78 is 5.46. The quantitative estimate of drug-likeness (QED) is 0.0321. The Balaban J connectivity index is 3.47. The van der Waals surface area contributed by atoms with E-state index in [1.54, 1.807) is 0 Å². The van der Waals surface area contributed by atoms with Crippen LogP contribution < -0.4 is 5.32 Å². The average molecular weight is 917 g/mol. The van der Waals surface area contributed by atoms with Crippen molar-refractivity contribution >= 4 is 11.9 Å². The standard InChI is InChI=1S/C59H113NO5/c1-3-5-7-9-11-13-15-17-19-21-22-23-24-25-26-27-29-31-35-39-43-47-51-57(62)56(55-61)60-58(63)52-48-44-40-36-33-34-38-42-46-50-54-65-59(64)53-49-45-41-37-32-30-28-20-18-16-14-12-10-8-6-4-2/h14,16,20,28,56-57,61-62H,3-13,15,17-19,21-27,29-55H2,1-2H3,(H,60,63)/b16-14-,28-20-. The van der Waals surface area contributed by atoms with E-state index in [0.717, 1.165) is 70.6 Å². The second kappa shape index (κ2) is 54.9. The first-order chi connectivity index (χ1) is 32.0. The van der Waals surface area contributed by atoms with Gasteiger partial charge >= 0.3 is 5.97 Å². The predicted molar refractivity (Wildman–Crippen MR) is 283 cm³/mol. The van der Waals surface area contributed by atoms with Crippen LogP contribution in [0.2, 0.25) is 0 Å². The lowest BCUT2D eigenvalue weighted by molar-refractivity contribution is -0.143. The Hall–Kier alpha value is -1.66. The summed E-state index contributed by atoms with van der Waals surface area (Å²) in [5.41, 5.74) is 0. The van der Waals surface area contributed by atoms with Crippen molar-refractivity contribution in [3.63, 3.8) is 0 Å². The lowest BCUT2D eigenvalue weighted by atomic mass is 10.0. The monoisotopic (exact) mass is 916 g/mol. The second-order valence-corrected chi connectivity index (χ2v) is 20.0. The summed E-state index contributed by atoms with van der Waals surface area (Å²) in [6.07, 6.45) is 65.9. The van der Waals surface area contributed by atoms with E-state index in [1.165, 1.54) is 212 Å². The Bertz CT molecular complexity index is 1010. The van der Waals surface area contributed by atoms with Gasteiger partial charge in [-0.1, -0.05) is 269 Å². The number of aliphatic hydroxyl groups excluding tert-OH is 2. The van der Waals surface area contributed by atoms with Gasteiger partial charge in [0.05, 0.1) is 25.4 Å². The number of rotatable bonds is 54. The molecule has 0 heterocycles. The number of unbranched alkanes of at least 4 members (excludes halogenated alkanes) is 39. The van der Waals surface area contributed by atoms with E-state index in [9.17, 15) is 19.8 Å². The summed E-state index contributed by atoms with van der Waals surface area (Å²) >= 11 is 0. The van der Waals surface area contributed by atoms with E-state index in [-0.39, 0.29) is 18.5 Å². The number of esters is 1. The zero-order valence-electron chi connectivity index (χ0n) is 43.7. The van der Waals surface area contributed by atoms with Crippen molar-refractivity contribution in [3.05, 3.63) is 24.3 Å². The van der Waals surface area contributed by atoms with Crippen LogP contribution in [-0.4, -0.2) is 47.4 Å². The molecular weight excluding hydrogens is 803 g/mol. The maximum absolute atomic E-state index is 12.5. The number of amides is 1.